The van der Waals surface area contributed by atoms with Gasteiger partial charge in [0.15, 0.2) is 0 Å². The summed E-state index contributed by atoms with van der Waals surface area (Å²) in [5.74, 6) is 1.35. The van der Waals surface area contributed by atoms with Gasteiger partial charge in [-0.2, -0.15) is 11.8 Å². The minimum atomic E-state index is -0.395. The standard InChI is InChI=1S/C11H17NO3S/c1-11(2,3)15-10(13)5-7-16-8-9-4-6-14-12-9/h4,6H,5,7-8H2,1-3H3. The third-order valence-electron chi connectivity index (χ3n) is 1.61. The van der Waals surface area contributed by atoms with Crippen LogP contribution in [0.1, 0.15) is 32.9 Å². The summed E-state index contributed by atoms with van der Waals surface area (Å²) in [6.07, 6.45) is 1.98. The van der Waals surface area contributed by atoms with Crippen LogP contribution in [0.3, 0.4) is 0 Å². The highest BCUT2D eigenvalue weighted by Crippen LogP contribution is 2.13. The van der Waals surface area contributed by atoms with Crippen molar-refractivity contribution in [2.24, 2.45) is 0 Å². The fraction of sp³-hybridized carbons (Fsp3) is 0.636. The number of rotatable bonds is 5. The molecular weight excluding hydrogens is 226 g/mol. The van der Waals surface area contributed by atoms with E-state index in [-0.39, 0.29) is 5.97 Å². The molecule has 0 saturated carbocycles. The van der Waals surface area contributed by atoms with Gasteiger partial charge in [-0.3, -0.25) is 4.79 Å². The van der Waals surface area contributed by atoms with Crippen LogP contribution >= 0.6 is 11.8 Å². The van der Waals surface area contributed by atoms with Crippen molar-refractivity contribution in [1.82, 2.24) is 5.16 Å². The molecule has 1 aromatic rings. The Kier molecular flexibility index (Phi) is 4.86. The van der Waals surface area contributed by atoms with Crippen LogP contribution in [0, 0.1) is 0 Å². The number of aromatic nitrogens is 1. The van der Waals surface area contributed by atoms with E-state index in [1.54, 1.807) is 18.0 Å². The predicted molar refractivity (Wildman–Crippen MR) is 63.1 cm³/mol. The topological polar surface area (TPSA) is 52.3 Å². The Bertz CT molecular complexity index is 316. The lowest BCUT2D eigenvalue weighted by molar-refractivity contribution is -0.154. The maximum absolute atomic E-state index is 11.4. The molecule has 16 heavy (non-hydrogen) atoms. The lowest BCUT2D eigenvalue weighted by Crippen LogP contribution is -2.24. The van der Waals surface area contributed by atoms with Crippen LogP contribution in [0.15, 0.2) is 16.9 Å². The first kappa shape index (κ1) is 13.1. The molecule has 0 aliphatic carbocycles. The number of thioether (sulfide) groups is 1. The van der Waals surface area contributed by atoms with Gasteiger partial charge in [-0.15, -0.1) is 0 Å². The van der Waals surface area contributed by atoms with Crippen molar-refractivity contribution in [1.29, 1.82) is 0 Å². The van der Waals surface area contributed by atoms with Crippen LogP contribution in [0.4, 0.5) is 0 Å². The van der Waals surface area contributed by atoms with Crippen LogP contribution in [0.2, 0.25) is 0 Å². The highest BCUT2D eigenvalue weighted by atomic mass is 32.2. The largest absolute Gasteiger partial charge is 0.460 e. The smallest absolute Gasteiger partial charge is 0.307 e. The molecular formula is C11H17NO3S. The molecule has 0 aliphatic heterocycles. The first-order chi connectivity index (χ1) is 7.47. The normalized spacial score (nSPS) is 11.4. The van der Waals surface area contributed by atoms with E-state index in [1.807, 2.05) is 26.8 Å². The van der Waals surface area contributed by atoms with Gasteiger partial charge in [0.2, 0.25) is 0 Å². The van der Waals surface area contributed by atoms with E-state index in [0.717, 1.165) is 17.2 Å². The molecule has 0 aliphatic rings. The van der Waals surface area contributed by atoms with Crippen LogP contribution in [0.25, 0.3) is 0 Å². The Hall–Kier alpha value is -0.970. The Morgan fingerprint density at radius 1 is 1.56 bits per heavy atom. The fourth-order valence-electron chi connectivity index (χ4n) is 1.04. The number of carbonyl (C=O) groups is 1. The third kappa shape index (κ3) is 5.80. The van der Waals surface area contributed by atoms with E-state index >= 15 is 0 Å². The lowest BCUT2D eigenvalue weighted by Gasteiger charge is -2.19. The van der Waals surface area contributed by atoms with Gasteiger partial charge in [-0.1, -0.05) is 5.16 Å². The lowest BCUT2D eigenvalue weighted by atomic mass is 10.2. The number of esters is 1. The molecule has 1 aromatic heterocycles. The number of carbonyl (C=O) groups excluding carboxylic acids is 1. The summed E-state index contributed by atoms with van der Waals surface area (Å²) in [6, 6.07) is 1.82. The zero-order valence-electron chi connectivity index (χ0n) is 9.86. The Morgan fingerprint density at radius 3 is 2.88 bits per heavy atom. The monoisotopic (exact) mass is 243 g/mol. The molecule has 0 aromatic carbocycles. The molecule has 5 heteroatoms. The van der Waals surface area contributed by atoms with E-state index in [0.29, 0.717) is 6.42 Å². The van der Waals surface area contributed by atoms with E-state index in [2.05, 4.69) is 5.16 Å². The van der Waals surface area contributed by atoms with E-state index in [9.17, 15) is 4.79 Å². The Labute approximate surface area is 99.7 Å². The van der Waals surface area contributed by atoms with E-state index in [1.165, 1.54) is 0 Å². The van der Waals surface area contributed by atoms with Gasteiger partial charge in [0.05, 0.1) is 12.1 Å². The van der Waals surface area contributed by atoms with Gasteiger partial charge in [0.1, 0.15) is 11.9 Å². The molecule has 0 atom stereocenters. The van der Waals surface area contributed by atoms with Crippen molar-refractivity contribution in [2.45, 2.75) is 38.5 Å². The van der Waals surface area contributed by atoms with Gasteiger partial charge < -0.3 is 9.26 Å². The molecule has 0 N–H and O–H groups in total. The zero-order chi connectivity index (χ0) is 12.0. The molecule has 0 amide bonds. The molecule has 1 rings (SSSR count). The summed E-state index contributed by atoms with van der Waals surface area (Å²) >= 11 is 1.64. The SMILES string of the molecule is CC(C)(C)OC(=O)CCSCc1ccon1. The molecule has 0 saturated heterocycles. The van der Waals surface area contributed by atoms with Gasteiger partial charge in [-0.05, 0) is 20.8 Å². The second-order valence-electron chi connectivity index (χ2n) is 4.38. The van der Waals surface area contributed by atoms with Crippen molar-refractivity contribution in [3.63, 3.8) is 0 Å². The Morgan fingerprint density at radius 2 is 2.31 bits per heavy atom. The van der Waals surface area contributed by atoms with Crippen LogP contribution in [-0.4, -0.2) is 22.5 Å². The van der Waals surface area contributed by atoms with Gasteiger partial charge in [0.25, 0.3) is 0 Å². The summed E-state index contributed by atoms with van der Waals surface area (Å²) in [4.78, 5) is 11.4. The maximum Gasteiger partial charge on any atom is 0.307 e. The van der Waals surface area contributed by atoms with Crippen molar-refractivity contribution in [3.8, 4) is 0 Å². The summed E-state index contributed by atoms with van der Waals surface area (Å²) in [5.41, 5.74) is 0.502. The summed E-state index contributed by atoms with van der Waals surface area (Å²) in [6.45, 7) is 5.61. The number of nitrogens with zero attached hydrogens (tertiary/aromatic N) is 1. The highest BCUT2D eigenvalue weighted by molar-refractivity contribution is 7.98. The average molecular weight is 243 g/mol. The summed E-state index contributed by atoms with van der Waals surface area (Å²) in [5, 5.41) is 3.78. The van der Waals surface area contributed by atoms with Gasteiger partial charge >= 0.3 is 5.97 Å². The molecule has 90 valence electrons. The summed E-state index contributed by atoms with van der Waals surface area (Å²) in [7, 11) is 0. The molecule has 0 bridgehead atoms. The van der Waals surface area contributed by atoms with E-state index < -0.39 is 5.60 Å². The van der Waals surface area contributed by atoms with Gasteiger partial charge in [-0.25, -0.2) is 0 Å². The van der Waals surface area contributed by atoms with Crippen LogP contribution < -0.4 is 0 Å². The molecule has 1 heterocycles. The molecule has 0 radical (unpaired) electrons. The number of ether oxygens (including phenoxy) is 1. The van der Waals surface area contributed by atoms with Crippen LogP contribution in [0.5, 0.6) is 0 Å². The number of hydrogen-bond acceptors (Lipinski definition) is 5. The highest BCUT2D eigenvalue weighted by Gasteiger charge is 2.15. The minimum absolute atomic E-state index is 0.153. The van der Waals surface area contributed by atoms with E-state index in [4.69, 9.17) is 9.26 Å². The third-order valence-corrected chi connectivity index (χ3v) is 2.60. The van der Waals surface area contributed by atoms with Crippen molar-refractivity contribution >= 4 is 17.7 Å². The number of hydrogen-bond donors (Lipinski definition) is 0. The van der Waals surface area contributed by atoms with Crippen LogP contribution in [-0.2, 0) is 15.3 Å². The first-order valence-electron chi connectivity index (χ1n) is 5.16. The second kappa shape index (κ2) is 5.94. The quantitative estimate of drug-likeness (QED) is 0.588. The fourth-order valence-corrected chi connectivity index (χ4v) is 1.85. The molecule has 0 fully saturated rings. The maximum atomic E-state index is 11.4. The molecule has 0 spiro atoms. The molecule has 4 nitrogen and oxygen atoms in total. The minimum Gasteiger partial charge on any atom is -0.460 e. The predicted octanol–water partition coefficient (Wildman–Crippen LogP) is 2.64. The van der Waals surface area contributed by atoms with Crippen molar-refractivity contribution < 1.29 is 14.1 Å². The Balaban J connectivity index is 2.09. The van der Waals surface area contributed by atoms with Crippen molar-refractivity contribution in [2.75, 3.05) is 5.75 Å². The first-order valence-corrected chi connectivity index (χ1v) is 6.32. The van der Waals surface area contributed by atoms with Gasteiger partial charge in [0, 0.05) is 17.6 Å². The molecule has 0 unspecified atom stereocenters. The second-order valence-corrected chi connectivity index (χ2v) is 5.48. The zero-order valence-corrected chi connectivity index (χ0v) is 10.7. The summed E-state index contributed by atoms with van der Waals surface area (Å²) < 4.78 is 9.89. The average Bonchev–Trinajstić information content (AvgIpc) is 2.62. The van der Waals surface area contributed by atoms with Crippen molar-refractivity contribution in [3.05, 3.63) is 18.0 Å².